The van der Waals surface area contributed by atoms with Gasteiger partial charge in [-0.25, -0.2) is 9.78 Å². The van der Waals surface area contributed by atoms with Crippen LogP contribution in [0.25, 0.3) is 22.6 Å². The first-order valence-corrected chi connectivity index (χ1v) is 6.42. The minimum Gasteiger partial charge on any atom is -0.444 e. The van der Waals surface area contributed by atoms with Crippen molar-refractivity contribution < 1.29 is 9.21 Å². The molecule has 2 aromatic carbocycles. The van der Waals surface area contributed by atoms with Crippen LogP contribution in [0.5, 0.6) is 0 Å². The van der Waals surface area contributed by atoms with Gasteiger partial charge >= 0.3 is 6.03 Å². The molecule has 0 unspecified atom stereocenters. The average molecular weight is 275 g/mol. The Morgan fingerprint density at radius 3 is 2.57 bits per heavy atom. The molecule has 2 heterocycles. The van der Waals surface area contributed by atoms with Crippen LogP contribution in [-0.2, 0) is 0 Å². The molecule has 3 aromatic rings. The predicted octanol–water partition coefficient (Wildman–Crippen LogP) is 2.38. The molecule has 5 heteroatoms. The van der Waals surface area contributed by atoms with E-state index in [0.29, 0.717) is 22.2 Å². The standard InChI is InChI=1S/C16H9N3O2/c20-16-18-12-7-6-11(10-4-2-1-3-5-10)13(14(12)19-16)15-17-8-9-21-15/h1-9H. The van der Waals surface area contributed by atoms with Crippen LogP contribution in [0.1, 0.15) is 0 Å². The average Bonchev–Trinajstić information content (AvgIpc) is 3.15. The quantitative estimate of drug-likeness (QED) is 0.721. The lowest BCUT2D eigenvalue weighted by molar-refractivity contribution is 0.256. The van der Waals surface area contributed by atoms with Crippen molar-refractivity contribution in [2.24, 2.45) is 9.98 Å². The highest BCUT2D eigenvalue weighted by Crippen LogP contribution is 2.27. The molecule has 1 aliphatic rings. The third kappa shape index (κ3) is 1.87. The molecule has 0 aliphatic carbocycles. The Kier molecular flexibility index (Phi) is 2.50. The Bertz CT molecular complexity index is 945. The lowest BCUT2D eigenvalue weighted by Crippen LogP contribution is -2.24. The highest BCUT2D eigenvalue weighted by atomic mass is 16.3. The minimum atomic E-state index is -0.497. The number of hydrogen-bond acceptors (Lipinski definition) is 3. The number of urea groups is 1. The number of rotatable bonds is 2. The van der Waals surface area contributed by atoms with Gasteiger partial charge in [0.2, 0.25) is 5.89 Å². The van der Waals surface area contributed by atoms with Gasteiger partial charge in [0.05, 0.1) is 17.1 Å². The summed E-state index contributed by atoms with van der Waals surface area (Å²) in [6, 6.07) is 13.0. The normalized spacial score (nSPS) is 12.7. The number of oxazole rings is 1. The van der Waals surface area contributed by atoms with Gasteiger partial charge < -0.3 is 4.42 Å². The van der Waals surface area contributed by atoms with Crippen molar-refractivity contribution in [2.45, 2.75) is 0 Å². The van der Waals surface area contributed by atoms with Crippen molar-refractivity contribution in [1.29, 1.82) is 0 Å². The summed E-state index contributed by atoms with van der Waals surface area (Å²) in [7, 11) is 0. The zero-order valence-corrected chi connectivity index (χ0v) is 10.9. The van der Waals surface area contributed by atoms with Crippen LogP contribution in [0.2, 0.25) is 0 Å². The minimum absolute atomic E-state index is 0.430. The maximum atomic E-state index is 11.5. The number of hydrogen-bond donors (Lipinski definition) is 0. The van der Waals surface area contributed by atoms with E-state index in [1.165, 1.54) is 6.26 Å². The van der Waals surface area contributed by atoms with Crippen molar-refractivity contribution in [2.75, 3.05) is 0 Å². The van der Waals surface area contributed by atoms with Crippen molar-refractivity contribution >= 4 is 6.03 Å². The third-order valence-corrected chi connectivity index (χ3v) is 3.31. The summed E-state index contributed by atoms with van der Waals surface area (Å²) in [4.78, 5) is 23.6. The molecule has 0 radical (unpaired) electrons. The molecule has 0 saturated carbocycles. The van der Waals surface area contributed by atoms with E-state index >= 15 is 0 Å². The number of carbonyl (C=O) groups excluding carboxylic acids is 1. The van der Waals surface area contributed by atoms with Gasteiger partial charge in [-0.05, 0) is 17.2 Å². The first kappa shape index (κ1) is 11.7. The number of carbonyl (C=O) groups is 1. The molecule has 0 saturated heterocycles. The molecule has 0 spiro atoms. The zero-order chi connectivity index (χ0) is 14.2. The molecule has 5 nitrogen and oxygen atoms in total. The summed E-state index contributed by atoms with van der Waals surface area (Å²) in [5.74, 6) is 0.430. The number of fused-ring (bicyclic) bond motifs is 1. The van der Waals surface area contributed by atoms with E-state index in [1.54, 1.807) is 12.3 Å². The van der Waals surface area contributed by atoms with Crippen LogP contribution in [0.3, 0.4) is 0 Å². The van der Waals surface area contributed by atoms with E-state index in [-0.39, 0.29) is 0 Å². The van der Waals surface area contributed by atoms with Crippen molar-refractivity contribution in [1.82, 2.24) is 4.98 Å². The second kappa shape index (κ2) is 4.49. The van der Waals surface area contributed by atoms with E-state index in [0.717, 1.165) is 11.1 Å². The van der Waals surface area contributed by atoms with E-state index in [4.69, 9.17) is 4.42 Å². The second-order valence-corrected chi connectivity index (χ2v) is 4.57. The molecule has 100 valence electrons. The highest BCUT2D eigenvalue weighted by Gasteiger charge is 2.18. The van der Waals surface area contributed by atoms with E-state index in [1.807, 2.05) is 36.4 Å². The summed E-state index contributed by atoms with van der Waals surface area (Å²) in [6.07, 6.45) is 3.06. The summed E-state index contributed by atoms with van der Waals surface area (Å²) >= 11 is 0. The molecule has 1 aromatic heterocycles. The van der Waals surface area contributed by atoms with Gasteiger partial charge in [-0.15, -0.1) is 0 Å². The maximum Gasteiger partial charge on any atom is 0.368 e. The number of amides is 2. The second-order valence-electron chi connectivity index (χ2n) is 4.57. The largest absolute Gasteiger partial charge is 0.444 e. The van der Waals surface area contributed by atoms with E-state index in [9.17, 15) is 4.79 Å². The fourth-order valence-electron chi connectivity index (χ4n) is 2.43. The maximum absolute atomic E-state index is 11.5. The van der Waals surface area contributed by atoms with Crippen molar-refractivity contribution in [3.63, 3.8) is 0 Å². The molecule has 0 fully saturated rings. The van der Waals surface area contributed by atoms with Crippen LogP contribution in [-0.4, -0.2) is 11.0 Å². The number of nitrogens with zero attached hydrogens (tertiary/aromatic N) is 3. The van der Waals surface area contributed by atoms with Crippen LogP contribution in [0.15, 0.2) is 69.3 Å². The van der Waals surface area contributed by atoms with Gasteiger partial charge in [0.15, 0.2) is 0 Å². The Hall–Kier alpha value is -3.08. The van der Waals surface area contributed by atoms with Crippen LogP contribution < -0.4 is 10.7 Å². The molecule has 1 aliphatic heterocycles. The summed E-state index contributed by atoms with van der Waals surface area (Å²) < 4.78 is 5.42. The van der Waals surface area contributed by atoms with Gasteiger partial charge in [0, 0.05) is 0 Å². The lowest BCUT2D eigenvalue weighted by atomic mass is 9.99. The Labute approximate surface area is 119 Å². The molecular formula is C16H9N3O2. The van der Waals surface area contributed by atoms with Gasteiger partial charge in [-0.3, -0.25) is 0 Å². The van der Waals surface area contributed by atoms with Crippen molar-refractivity contribution in [3.8, 4) is 22.6 Å². The summed E-state index contributed by atoms with van der Waals surface area (Å²) in [5, 5.41) is 1.07. The molecule has 4 rings (SSSR count). The number of aromatic nitrogens is 1. The zero-order valence-electron chi connectivity index (χ0n) is 10.9. The molecule has 2 amide bonds. The Balaban J connectivity index is 2.11. The van der Waals surface area contributed by atoms with Crippen LogP contribution in [0, 0.1) is 0 Å². The smallest absolute Gasteiger partial charge is 0.368 e. The topological polar surface area (TPSA) is 67.8 Å². The SMILES string of the molecule is O=C1N=c2ccc(-c3ccccc3)c(-c3ncco3)c2=N1. The predicted molar refractivity (Wildman–Crippen MR) is 75.1 cm³/mol. The van der Waals surface area contributed by atoms with Crippen LogP contribution in [0.4, 0.5) is 4.79 Å². The molecule has 0 atom stereocenters. The molecule has 21 heavy (non-hydrogen) atoms. The molecule has 0 bridgehead atoms. The Morgan fingerprint density at radius 1 is 0.952 bits per heavy atom. The fourth-order valence-corrected chi connectivity index (χ4v) is 2.43. The van der Waals surface area contributed by atoms with E-state index in [2.05, 4.69) is 15.0 Å². The van der Waals surface area contributed by atoms with Crippen molar-refractivity contribution in [3.05, 3.63) is 65.6 Å². The summed E-state index contributed by atoms with van der Waals surface area (Å²) in [6.45, 7) is 0. The van der Waals surface area contributed by atoms with E-state index < -0.39 is 6.03 Å². The molecule has 0 N–H and O–H groups in total. The lowest BCUT2D eigenvalue weighted by Gasteiger charge is -2.06. The molecular weight excluding hydrogens is 266 g/mol. The monoisotopic (exact) mass is 275 g/mol. The number of benzene rings is 2. The third-order valence-electron chi connectivity index (χ3n) is 3.31. The van der Waals surface area contributed by atoms with Gasteiger partial charge in [-0.1, -0.05) is 36.4 Å². The van der Waals surface area contributed by atoms with Gasteiger partial charge in [-0.2, -0.15) is 9.98 Å². The first-order valence-electron chi connectivity index (χ1n) is 6.42. The first-order chi connectivity index (χ1) is 10.3. The van der Waals surface area contributed by atoms with Gasteiger partial charge in [0.25, 0.3) is 0 Å². The fraction of sp³-hybridized carbons (Fsp3) is 0. The summed E-state index contributed by atoms with van der Waals surface area (Å²) in [5.41, 5.74) is 2.60. The highest BCUT2D eigenvalue weighted by molar-refractivity contribution is 5.83. The Morgan fingerprint density at radius 2 is 1.81 bits per heavy atom. The van der Waals surface area contributed by atoms with Gasteiger partial charge in [0.1, 0.15) is 11.6 Å². The van der Waals surface area contributed by atoms with Crippen LogP contribution >= 0.6 is 0 Å².